The van der Waals surface area contributed by atoms with Crippen LogP contribution in [0.1, 0.15) is 25.0 Å². The molecule has 0 spiro atoms. The summed E-state index contributed by atoms with van der Waals surface area (Å²) in [6.45, 7) is 4.81. The third kappa shape index (κ3) is 6.96. The summed E-state index contributed by atoms with van der Waals surface area (Å²) in [7, 11) is 0. The molecule has 124 valence electrons. The molecule has 0 amide bonds. The summed E-state index contributed by atoms with van der Waals surface area (Å²) in [6, 6.07) is 12.1. The fourth-order valence-electron chi connectivity index (χ4n) is 1.94. The summed E-state index contributed by atoms with van der Waals surface area (Å²) in [5.41, 5.74) is 2.15. The summed E-state index contributed by atoms with van der Waals surface area (Å²) >= 11 is 13.9. The molecule has 0 saturated carbocycles. The lowest BCUT2D eigenvalue weighted by molar-refractivity contribution is -0.226. The molecule has 0 aromatic heterocycles. The van der Waals surface area contributed by atoms with E-state index in [1.54, 1.807) is 0 Å². The predicted octanol–water partition coefficient (Wildman–Crippen LogP) is 7.21. The highest BCUT2D eigenvalue weighted by molar-refractivity contribution is 9.11. The highest BCUT2D eigenvalue weighted by Crippen LogP contribution is 2.25. The van der Waals surface area contributed by atoms with E-state index in [1.807, 2.05) is 50.2 Å². The Morgan fingerprint density at radius 1 is 0.652 bits per heavy atom. The maximum Gasteiger partial charge on any atom is 0.163 e. The van der Waals surface area contributed by atoms with Crippen LogP contribution in [0, 0.1) is 0 Å². The third-order valence-electron chi connectivity index (χ3n) is 3.02. The molecule has 0 fully saturated rings. The quantitative estimate of drug-likeness (QED) is 0.341. The second-order valence-corrected chi connectivity index (χ2v) is 9.20. The van der Waals surface area contributed by atoms with E-state index in [4.69, 9.17) is 9.47 Å². The van der Waals surface area contributed by atoms with Gasteiger partial charge in [-0.15, -0.1) is 0 Å². The van der Waals surface area contributed by atoms with Crippen LogP contribution in [0.25, 0.3) is 0 Å². The molecule has 0 aliphatic carbocycles. The molecule has 0 radical (unpaired) electrons. The number of halogens is 4. The molecule has 0 heterocycles. The van der Waals surface area contributed by atoms with Gasteiger partial charge in [-0.2, -0.15) is 0 Å². The van der Waals surface area contributed by atoms with E-state index in [0.29, 0.717) is 13.2 Å². The highest BCUT2D eigenvalue weighted by Gasteiger charge is 2.19. The van der Waals surface area contributed by atoms with Gasteiger partial charge in [0.1, 0.15) is 0 Å². The van der Waals surface area contributed by atoms with Crippen molar-refractivity contribution in [1.29, 1.82) is 0 Å². The number of hydrogen-bond acceptors (Lipinski definition) is 2. The van der Waals surface area contributed by atoms with Crippen molar-refractivity contribution in [3.8, 4) is 0 Å². The van der Waals surface area contributed by atoms with E-state index in [0.717, 1.165) is 29.0 Å². The minimum Gasteiger partial charge on any atom is -0.346 e. The number of hydrogen-bond donors (Lipinski definition) is 0. The Bertz CT molecular complexity index is 588. The van der Waals surface area contributed by atoms with Gasteiger partial charge in [-0.1, -0.05) is 63.7 Å². The Labute approximate surface area is 170 Å². The summed E-state index contributed by atoms with van der Waals surface area (Å²) in [5, 5.41) is 0. The zero-order valence-corrected chi connectivity index (χ0v) is 19.1. The van der Waals surface area contributed by atoms with Crippen LogP contribution in [-0.2, 0) is 22.7 Å². The van der Waals surface area contributed by atoms with Gasteiger partial charge >= 0.3 is 0 Å². The molecule has 0 saturated heterocycles. The zero-order valence-electron chi connectivity index (χ0n) is 12.7. The van der Waals surface area contributed by atoms with Gasteiger partial charge in [-0.3, -0.25) is 0 Å². The van der Waals surface area contributed by atoms with Crippen molar-refractivity contribution in [3.05, 3.63) is 65.4 Å². The lowest BCUT2D eigenvalue weighted by Crippen LogP contribution is -2.28. The van der Waals surface area contributed by atoms with Crippen molar-refractivity contribution in [2.75, 3.05) is 0 Å². The monoisotopic (exact) mass is 568 g/mol. The van der Waals surface area contributed by atoms with Gasteiger partial charge in [0.25, 0.3) is 0 Å². The van der Waals surface area contributed by atoms with Gasteiger partial charge in [0.2, 0.25) is 0 Å². The van der Waals surface area contributed by atoms with Gasteiger partial charge < -0.3 is 9.47 Å². The average Bonchev–Trinajstić information content (AvgIpc) is 2.41. The molecule has 0 aliphatic heterocycles. The standard InChI is InChI=1S/C17H16Br4O2/c1-17(2,22-9-11-3-13(18)7-14(19)4-11)23-10-12-5-15(20)8-16(21)6-12/h3-8H,9-10H2,1-2H3. The Morgan fingerprint density at radius 3 is 1.26 bits per heavy atom. The molecule has 2 aromatic carbocycles. The lowest BCUT2D eigenvalue weighted by Gasteiger charge is -2.26. The Hall–Kier alpha value is 0.280. The van der Waals surface area contributed by atoms with Gasteiger partial charge in [0.05, 0.1) is 13.2 Å². The fourth-order valence-corrected chi connectivity index (χ4v) is 4.72. The molecule has 0 N–H and O–H groups in total. The van der Waals surface area contributed by atoms with Crippen molar-refractivity contribution in [2.24, 2.45) is 0 Å². The van der Waals surface area contributed by atoms with Gasteiger partial charge in [-0.05, 0) is 61.4 Å². The van der Waals surface area contributed by atoms with Crippen LogP contribution in [0.2, 0.25) is 0 Å². The van der Waals surface area contributed by atoms with Crippen LogP contribution >= 0.6 is 63.7 Å². The van der Waals surface area contributed by atoms with Crippen LogP contribution < -0.4 is 0 Å². The molecule has 0 unspecified atom stereocenters. The minimum absolute atomic E-state index is 0.479. The van der Waals surface area contributed by atoms with Gasteiger partial charge in [0, 0.05) is 17.9 Å². The van der Waals surface area contributed by atoms with E-state index in [-0.39, 0.29) is 0 Å². The summed E-state index contributed by atoms with van der Waals surface area (Å²) < 4.78 is 15.9. The first-order chi connectivity index (χ1) is 10.7. The second kappa shape index (κ2) is 8.59. The molecule has 0 atom stereocenters. The normalized spacial score (nSPS) is 11.7. The maximum absolute atomic E-state index is 5.92. The molecule has 2 rings (SSSR count). The number of ether oxygens (including phenoxy) is 2. The van der Waals surface area contributed by atoms with Crippen molar-refractivity contribution in [2.45, 2.75) is 32.8 Å². The molecule has 6 heteroatoms. The Kier molecular flexibility index (Phi) is 7.32. The lowest BCUT2D eigenvalue weighted by atomic mass is 10.2. The maximum atomic E-state index is 5.92. The number of rotatable bonds is 6. The first kappa shape index (κ1) is 19.6. The van der Waals surface area contributed by atoms with Crippen LogP contribution in [0.3, 0.4) is 0 Å². The minimum atomic E-state index is -0.677. The number of benzene rings is 2. The molecule has 2 aromatic rings. The second-order valence-electron chi connectivity index (χ2n) is 5.53. The molecule has 0 aliphatic rings. The van der Waals surface area contributed by atoms with Crippen molar-refractivity contribution >= 4 is 63.7 Å². The highest BCUT2D eigenvalue weighted by atomic mass is 79.9. The zero-order chi connectivity index (χ0) is 17.0. The SMILES string of the molecule is CC(C)(OCc1cc(Br)cc(Br)c1)OCc1cc(Br)cc(Br)c1. The van der Waals surface area contributed by atoms with Crippen molar-refractivity contribution < 1.29 is 9.47 Å². The summed E-state index contributed by atoms with van der Waals surface area (Å²) in [5.74, 6) is -0.677. The van der Waals surface area contributed by atoms with E-state index in [1.165, 1.54) is 0 Å². The van der Waals surface area contributed by atoms with Crippen molar-refractivity contribution in [3.63, 3.8) is 0 Å². The largest absolute Gasteiger partial charge is 0.346 e. The molecule has 0 bridgehead atoms. The van der Waals surface area contributed by atoms with Crippen LogP contribution in [-0.4, -0.2) is 5.79 Å². The molecule has 23 heavy (non-hydrogen) atoms. The topological polar surface area (TPSA) is 18.5 Å². The van der Waals surface area contributed by atoms with Crippen LogP contribution in [0.5, 0.6) is 0 Å². The fraction of sp³-hybridized carbons (Fsp3) is 0.294. The van der Waals surface area contributed by atoms with Gasteiger partial charge in [0.15, 0.2) is 5.79 Å². The molecular weight excluding hydrogens is 556 g/mol. The van der Waals surface area contributed by atoms with E-state index in [2.05, 4.69) is 63.7 Å². The van der Waals surface area contributed by atoms with Crippen LogP contribution in [0.15, 0.2) is 54.3 Å². The smallest absolute Gasteiger partial charge is 0.163 e. The first-order valence-electron chi connectivity index (χ1n) is 6.91. The van der Waals surface area contributed by atoms with E-state index in [9.17, 15) is 0 Å². The van der Waals surface area contributed by atoms with Gasteiger partial charge in [-0.25, -0.2) is 0 Å². The van der Waals surface area contributed by atoms with Crippen LogP contribution in [0.4, 0.5) is 0 Å². The first-order valence-corrected chi connectivity index (χ1v) is 10.1. The Morgan fingerprint density at radius 2 is 0.957 bits per heavy atom. The third-order valence-corrected chi connectivity index (χ3v) is 4.85. The predicted molar refractivity (Wildman–Crippen MR) is 107 cm³/mol. The summed E-state index contributed by atoms with van der Waals surface area (Å²) in [4.78, 5) is 0. The molecular formula is C17H16Br4O2. The molecule has 2 nitrogen and oxygen atoms in total. The van der Waals surface area contributed by atoms with E-state index < -0.39 is 5.79 Å². The summed E-state index contributed by atoms with van der Waals surface area (Å²) in [6.07, 6.45) is 0. The average molecular weight is 572 g/mol. The van der Waals surface area contributed by atoms with E-state index >= 15 is 0 Å². The van der Waals surface area contributed by atoms with Crippen molar-refractivity contribution in [1.82, 2.24) is 0 Å². The Balaban J connectivity index is 1.93.